The number of benzene rings is 2. The molecule has 144 valence electrons. The van der Waals surface area contributed by atoms with E-state index >= 15 is 0 Å². The van der Waals surface area contributed by atoms with E-state index in [1.54, 1.807) is 24.3 Å². The van der Waals surface area contributed by atoms with Gasteiger partial charge in [-0.15, -0.1) is 16.8 Å². The molecule has 0 aliphatic rings. The van der Waals surface area contributed by atoms with Crippen molar-refractivity contribution in [3.63, 3.8) is 0 Å². The van der Waals surface area contributed by atoms with Crippen molar-refractivity contribution in [2.45, 2.75) is 18.6 Å². The van der Waals surface area contributed by atoms with Crippen LogP contribution in [0, 0.1) is 6.92 Å². The molecule has 0 atom stereocenters. The molecule has 1 N–H and O–H groups in total. The standard InChI is InChI=1S/C20H18Cl2N4OS/c1-3-10-26-19(15-7-5-4-6-13(15)2)24-25-20(26)28-12-18(27)23-14-8-9-16(21)17(22)11-14/h3-9,11H,1,10,12H2,2H3,(H,23,27). The first-order valence-corrected chi connectivity index (χ1v) is 10.2. The Morgan fingerprint density at radius 2 is 2.00 bits per heavy atom. The lowest BCUT2D eigenvalue weighted by Crippen LogP contribution is -2.14. The van der Waals surface area contributed by atoms with Gasteiger partial charge in [-0.1, -0.05) is 65.3 Å². The highest BCUT2D eigenvalue weighted by Gasteiger charge is 2.16. The van der Waals surface area contributed by atoms with Crippen LogP contribution in [0.2, 0.25) is 10.0 Å². The van der Waals surface area contributed by atoms with Gasteiger partial charge in [-0.2, -0.15) is 0 Å². The van der Waals surface area contributed by atoms with E-state index in [4.69, 9.17) is 23.2 Å². The van der Waals surface area contributed by atoms with Crippen molar-refractivity contribution in [1.29, 1.82) is 0 Å². The molecule has 0 bridgehead atoms. The number of allylic oxidation sites excluding steroid dienone is 1. The van der Waals surface area contributed by atoms with Gasteiger partial charge in [0.1, 0.15) is 0 Å². The van der Waals surface area contributed by atoms with Crippen LogP contribution in [0.15, 0.2) is 60.3 Å². The lowest BCUT2D eigenvalue weighted by atomic mass is 10.1. The van der Waals surface area contributed by atoms with E-state index in [0.29, 0.717) is 27.4 Å². The Morgan fingerprint density at radius 1 is 1.21 bits per heavy atom. The molecule has 0 aliphatic carbocycles. The summed E-state index contributed by atoms with van der Waals surface area (Å²) in [5.41, 5.74) is 2.70. The van der Waals surface area contributed by atoms with Gasteiger partial charge >= 0.3 is 0 Å². The van der Waals surface area contributed by atoms with Crippen LogP contribution in [0.5, 0.6) is 0 Å². The maximum absolute atomic E-state index is 12.3. The predicted molar refractivity (Wildman–Crippen MR) is 116 cm³/mol. The van der Waals surface area contributed by atoms with E-state index in [1.165, 1.54) is 11.8 Å². The second-order valence-electron chi connectivity index (χ2n) is 5.99. The van der Waals surface area contributed by atoms with E-state index in [1.807, 2.05) is 35.8 Å². The molecule has 0 saturated heterocycles. The molecular weight excluding hydrogens is 415 g/mol. The van der Waals surface area contributed by atoms with Crippen molar-refractivity contribution in [2.24, 2.45) is 0 Å². The molecule has 2 aromatic carbocycles. The minimum absolute atomic E-state index is 0.172. The molecule has 0 radical (unpaired) electrons. The SMILES string of the molecule is C=CCn1c(SCC(=O)Nc2ccc(Cl)c(Cl)c2)nnc1-c1ccccc1C. The first-order chi connectivity index (χ1) is 13.5. The normalized spacial score (nSPS) is 10.7. The molecule has 5 nitrogen and oxygen atoms in total. The Balaban J connectivity index is 1.73. The molecule has 1 aromatic heterocycles. The minimum Gasteiger partial charge on any atom is -0.325 e. The smallest absolute Gasteiger partial charge is 0.234 e. The van der Waals surface area contributed by atoms with Crippen molar-refractivity contribution < 1.29 is 4.79 Å². The number of carbonyl (C=O) groups is 1. The van der Waals surface area contributed by atoms with Gasteiger partial charge in [0.25, 0.3) is 0 Å². The molecule has 0 spiro atoms. The van der Waals surface area contributed by atoms with Gasteiger partial charge in [-0.3, -0.25) is 9.36 Å². The Bertz CT molecular complexity index is 1020. The first-order valence-electron chi connectivity index (χ1n) is 8.47. The number of nitrogens with one attached hydrogen (secondary N) is 1. The number of thioether (sulfide) groups is 1. The molecule has 8 heteroatoms. The summed E-state index contributed by atoms with van der Waals surface area (Å²) >= 11 is 13.2. The van der Waals surface area contributed by atoms with Crippen LogP contribution in [-0.2, 0) is 11.3 Å². The number of rotatable bonds is 7. The zero-order valence-electron chi connectivity index (χ0n) is 15.2. The number of amides is 1. The summed E-state index contributed by atoms with van der Waals surface area (Å²) in [5, 5.41) is 12.9. The zero-order chi connectivity index (χ0) is 20.1. The van der Waals surface area contributed by atoms with Crippen LogP contribution in [0.3, 0.4) is 0 Å². The van der Waals surface area contributed by atoms with Crippen LogP contribution < -0.4 is 5.32 Å². The number of hydrogen-bond acceptors (Lipinski definition) is 4. The quantitative estimate of drug-likeness (QED) is 0.396. The highest BCUT2D eigenvalue weighted by atomic mass is 35.5. The number of nitrogens with zero attached hydrogens (tertiary/aromatic N) is 3. The lowest BCUT2D eigenvalue weighted by molar-refractivity contribution is -0.113. The highest BCUT2D eigenvalue weighted by molar-refractivity contribution is 7.99. The fourth-order valence-corrected chi connectivity index (χ4v) is 3.66. The van der Waals surface area contributed by atoms with Crippen molar-refractivity contribution in [2.75, 3.05) is 11.1 Å². The summed E-state index contributed by atoms with van der Waals surface area (Å²) in [6.07, 6.45) is 1.78. The summed E-state index contributed by atoms with van der Waals surface area (Å²) in [6, 6.07) is 12.9. The summed E-state index contributed by atoms with van der Waals surface area (Å²) in [4.78, 5) is 12.3. The second kappa shape index (κ2) is 9.28. The number of aryl methyl sites for hydroxylation is 1. The molecule has 1 amide bonds. The van der Waals surface area contributed by atoms with Crippen LogP contribution in [0.4, 0.5) is 5.69 Å². The summed E-state index contributed by atoms with van der Waals surface area (Å²) in [6.45, 7) is 6.39. The van der Waals surface area contributed by atoms with Gasteiger partial charge in [0.05, 0.1) is 15.8 Å². The fourth-order valence-electron chi connectivity index (χ4n) is 2.61. The summed E-state index contributed by atoms with van der Waals surface area (Å²) in [7, 11) is 0. The van der Waals surface area contributed by atoms with Crippen molar-refractivity contribution in [3.8, 4) is 11.4 Å². The second-order valence-corrected chi connectivity index (χ2v) is 7.74. The van der Waals surface area contributed by atoms with Gasteiger partial charge in [-0.05, 0) is 30.7 Å². The molecule has 3 rings (SSSR count). The topological polar surface area (TPSA) is 59.8 Å². The number of carbonyl (C=O) groups excluding carboxylic acids is 1. The monoisotopic (exact) mass is 432 g/mol. The van der Waals surface area contributed by atoms with Gasteiger partial charge in [0, 0.05) is 17.8 Å². The lowest BCUT2D eigenvalue weighted by Gasteiger charge is -2.10. The van der Waals surface area contributed by atoms with Crippen LogP contribution in [0.1, 0.15) is 5.56 Å². The van der Waals surface area contributed by atoms with Crippen molar-refractivity contribution in [3.05, 3.63) is 70.7 Å². The molecule has 0 fully saturated rings. The molecule has 0 unspecified atom stereocenters. The van der Waals surface area contributed by atoms with Crippen molar-refractivity contribution in [1.82, 2.24) is 14.8 Å². The minimum atomic E-state index is -0.172. The molecule has 0 aliphatic heterocycles. The Morgan fingerprint density at radius 3 is 2.71 bits per heavy atom. The largest absolute Gasteiger partial charge is 0.325 e. The van der Waals surface area contributed by atoms with Gasteiger partial charge in [0.2, 0.25) is 5.91 Å². The van der Waals surface area contributed by atoms with E-state index in [-0.39, 0.29) is 11.7 Å². The third-order valence-electron chi connectivity index (χ3n) is 3.95. The van der Waals surface area contributed by atoms with Crippen molar-refractivity contribution >= 4 is 46.6 Å². The van der Waals surface area contributed by atoms with Crippen LogP contribution in [-0.4, -0.2) is 26.4 Å². The average molecular weight is 433 g/mol. The van der Waals surface area contributed by atoms with Gasteiger partial charge < -0.3 is 5.32 Å². The van der Waals surface area contributed by atoms with E-state index in [2.05, 4.69) is 22.1 Å². The molecule has 1 heterocycles. The molecule has 28 heavy (non-hydrogen) atoms. The molecular formula is C20H18Cl2N4OS. The Labute approximate surface area is 177 Å². The number of hydrogen-bond donors (Lipinski definition) is 1. The van der Waals surface area contributed by atoms with Crippen LogP contribution >= 0.6 is 35.0 Å². The fraction of sp³-hybridized carbons (Fsp3) is 0.150. The number of aromatic nitrogens is 3. The van der Waals surface area contributed by atoms with E-state index in [9.17, 15) is 4.79 Å². The molecule has 0 saturated carbocycles. The maximum Gasteiger partial charge on any atom is 0.234 e. The van der Waals surface area contributed by atoms with Gasteiger partial charge in [-0.25, -0.2) is 0 Å². The first kappa shape index (κ1) is 20.5. The van der Waals surface area contributed by atoms with Gasteiger partial charge in [0.15, 0.2) is 11.0 Å². The maximum atomic E-state index is 12.3. The molecule has 3 aromatic rings. The number of halogens is 2. The summed E-state index contributed by atoms with van der Waals surface area (Å²) in [5.74, 6) is 0.767. The average Bonchev–Trinajstić information content (AvgIpc) is 3.06. The summed E-state index contributed by atoms with van der Waals surface area (Å²) < 4.78 is 1.95. The van der Waals surface area contributed by atoms with E-state index < -0.39 is 0 Å². The number of anilines is 1. The third-order valence-corrected chi connectivity index (χ3v) is 5.66. The van der Waals surface area contributed by atoms with E-state index in [0.717, 1.165) is 17.0 Å². The highest BCUT2D eigenvalue weighted by Crippen LogP contribution is 2.27. The Kier molecular flexibility index (Phi) is 6.78. The van der Waals surface area contributed by atoms with Crippen LogP contribution in [0.25, 0.3) is 11.4 Å². The predicted octanol–water partition coefficient (Wildman–Crippen LogP) is 5.48. The third kappa shape index (κ3) is 4.76. The Hall–Kier alpha value is -2.28. The zero-order valence-corrected chi connectivity index (χ0v) is 17.5.